The SMILES string of the molecule is CO[C@@H]1C[C@H](O[C@@H]2[C@H](C)O[C@H](O[C@@H]3[C@@H](C)O[C@H](O[C@@]4(N(C)C)C[C@@]5(C)O[C@@H](Oc6c5ccc5c6C(=O)c6c(O)c7c(c(O)c6C5=O)[C@H](O[C@@H]5C[C@H](N(C)C)[C@@H](O)[C@@H](C)O5)C[C@](C)(O)C7)[C@H]4O)C[C@@]3(C)N([O-])O)C[C@]2(C)N([O-])O)O[C@@H](C)[C@H]1OC(=O)CCC(=O)O. The number of likely N-dealkylation sites (N-methyl/N-ethyl adjacent to an activating group) is 2. The Labute approximate surface area is 519 Å². The molecular weight excluding hydrogens is 1190 g/mol. The highest BCUT2D eigenvalue weighted by molar-refractivity contribution is 6.31. The molecule has 5 fully saturated rings. The van der Waals surface area contributed by atoms with Crippen molar-refractivity contribution in [3.05, 3.63) is 61.5 Å². The van der Waals surface area contributed by atoms with Crippen LogP contribution in [0.2, 0.25) is 0 Å². The van der Waals surface area contributed by atoms with Gasteiger partial charge in [-0.25, -0.2) is 0 Å². The molecule has 30 nitrogen and oxygen atoms in total. The van der Waals surface area contributed by atoms with Crippen LogP contribution in [0, 0.1) is 10.4 Å². The predicted octanol–water partition coefficient (Wildman–Crippen LogP) is 2.91. The standard InChI is InChI=1S/C60H84N4O26/c1-25-45(68)32(61(9)10)18-37(80-25)84-34-21-56(5,74)20-30-41(34)48(71)43-44(47(30)70)49(72)42-29(46(43)69)14-15-31-51(42)88-55-52(73)60(62(11)12,24-59(31,8)90-55)89-40-23-58(7,64(77)78)54(28(4)83-40)87-39-22-57(6,63(75)76)53(27(3)82-39)86-38-19-33(79-13)50(26(2)81-38)85-36(67)17-16-35(65)66/h14-15,25-28,32-34,37-40,45,50,52-55,68,70-71,73-75,77H,16-24H2,1-13H3,(H,65,66)/q-2/t25-,26+,27+,28-,32+,33-,34-,37-,38+,39-,40-,45+,50-,52-,53-,54-,55-,56-,57+,58-,59-,60+/m1/s1. The summed E-state index contributed by atoms with van der Waals surface area (Å²) < 4.78 is 74.9. The Morgan fingerprint density at radius 2 is 1.31 bits per heavy atom. The third-order valence-electron chi connectivity index (χ3n) is 19.6. The minimum absolute atomic E-state index is 0.00166. The normalized spacial score (nSPS) is 40.9. The lowest BCUT2D eigenvalue weighted by atomic mass is 9.72. The number of methoxy groups -OCH3 is 1. The molecule has 2 aliphatic carbocycles. The molecule has 2 aromatic carbocycles. The zero-order chi connectivity index (χ0) is 66.0. The van der Waals surface area contributed by atoms with Crippen molar-refractivity contribution in [2.24, 2.45) is 0 Å². The molecule has 2 bridgehead atoms. The van der Waals surface area contributed by atoms with Crippen LogP contribution < -0.4 is 4.74 Å². The number of aliphatic hydroxyl groups is 3. The van der Waals surface area contributed by atoms with Gasteiger partial charge in [0, 0.05) is 80.4 Å². The highest BCUT2D eigenvalue weighted by Gasteiger charge is 2.64. The summed E-state index contributed by atoms with van der Waals surface area (Å²) in [6, 6.07) is 2.50. The van der Waals surface area contributed by atoms with Gasteiger partial charge in [-0.1, -0.05) is 6.07 Å². The van der Waals surface area contributed by atoms with E-state index < -0.39 is 186 Å². The van der Waals surface area contributed by atoms with E-state index in [9.17, 15) is 60.7 Å². The molecule has 0 saturated carbocycles. The Balaban J connectivity index is 0.867. The predicted molar refractivity (Wildman–Crippen MR) is 304 cm³/mol. The number of hydrogen-bond donors (Lipinski definition) is 8. The number of aliphatic carboxylic acids is 1. The lowest BCUT2D eigenvalue weighted by Crippen LogP contribution is -2.72. The summed E-state index contributed by atoms with van der Waals surface area (Å²) in [6.45, 7) is 12.3. The average Bonchev–Trinajstić information content (AvgIpc) is 0.705. The van der Waals surface area contributed by atoms with Gasteiger partial charge in [0.2, 0.25) is 12.1 Å². The van der Waals surface area contributed by atoms with Gasteiger partial charge in [-0.05, 0) is 89.6 Å². The highest BCUT2D eigenvalue weighted by Crippen LogP contribution is 2.57. The van der Waals surface area contributed by atoms with E-state index in [1.165, 1.54) is 46.9 Å². The summed E-state index contributed by atoms with van der Waals surface area (Å²) >= 11 is 0. The van der Waals surface area contributed by atoms with Crippen molar-refractivity contribution in [3.8, 4) is 17.2 Å². The Morgan fingerprint density at radius 1 is 0.733 bits per heavy atom. The van der Waals surface area contributed by atoms with E-state index in [0.29, 0.717) is 0 Å². The Bertz CT molecular complexity index is 3080. The molecule has 8 N–H and O–H groups in total. The summed E-state index contributed by atoms with van der Waals surface area (Å²) in [6.07, 6.45) is -20.2. The van der Waals surface area contributed by atoms with Gasteiger partial charge in [0.15, 0.2) is 48.9 Å². The molecule has 22 atom stereocenters. The number of hydroxylamine groups is 4. The number of carbonyl (C=O) groups is 4. The van der Waals surface area contributed by atoms with Crippen molar-refractivity contribution in [1.29, 1.82) is 0 Å². The fraction of sp³-hybridized carbons (Fsp3) is 0.733. The van der Waals surface area contributed by atoms with E-state index >= 15 is 4.79 Å². The molecule has 90 heavy (non-hydrogen) atoms. The summed E-state index contributed by atoms with van der Waals surface area (Å²) in [5, 5.41) is 116. The number of rotatable bonds is 17. The maximum atomic E-state index is 15.1. The highest BCUT2D eigenvalue weighted by atomic mass is 16.8. The minimum atomic E-state index is -1.93. The number of nitrogens with zero attached hydrogens (tertiary/aromatic N) is 4. The van der Waals surface area contributed by atoms with Gasteiger partial charge in [-0.3, -0.25) is 34.5 Å². The number of fused-ring (bicyclic) bond motifs is 8. The molecule has 0 radical (unpaired) electrons. The van der Waals surface area contributed by atoms with Gasteiger partial charge in [-0.2, -0.15) is 0 Å². The molecule has 30 heteroatoms. The van der Waals surface area contributed by atoms with Crippen LogP contribution in [0.15, 0.2) is 12.1 Å². The van der Waals surface area contributed by atoms with E-state index in [1.54, 1.807) is 60.8 Å². The number of phenolic OH excluding ortho intramolecular Hbond substituents is 2. The topological polar surface area (TPSA) is 400 Å². The Kier molecular flexibility index (Phi) is 18.8. The third-order valence-corrected chi connectivity index (χ3v) is 19.6. The second-order valence-corrected chi connectivity index (χ2v) is 26.7. The van der Waals surface area contributed by atoms with E-state index in [2.05, 4.69) is 0 Å². The number of carboxylic acid groups (broad SMARTS) is 1. The monoisotopic (exact) mass is 1280 g/mol. The first-order chi connectivity index (χ1) is 42.0. The molecular formula is C60H84N4O26-2. The number of phenols is 2. The largest absolute Gasteiger partial charge is 0.762 e. The fourth-order valence-corrected chi connectivity index (χ4v) is 14.7. The zero-order valence-corrected chi connectivity index (χ0v) is 52.5. The van der Waals surface area contributed by atoms with Crippen LogP contribution in [0.1, 0.15) is 161 Å². The first kappa shape index (κ1) is 68.1. The number of carbonyl (C=O) groups excluding carboxylic acids is 3. The summed E-state index contributed by atoms with van der Waals surface area (Å²) in [5.41, 5.74) is -9.95. The van der Waals surface area contributed by atoms with Crippen molar-refractivity contribution in [2.75, 3.05) is 35.3 Å². The molecule has 502 valence electrons. The minimum Gasteiger partial charge on any atom is -0.762 e. The van der Waals surface area contributed by atoms with Crippen LogP contribution in [-0.4, -0.2) is 241 Å². The molecule has 8 aliphatic rings. The number of esters is 1. The number of aliphatic hydroxyl groups excluding tert-OH is 2. The molecule has 0 unspecified atom stereocenters. The van der Waals surface area contributed by atoms with Crippen molar-refractivity contribution >= 4 is 23.5 Å². The average molecular weight is 1280 g/mol. The quantitative estimate of drug-likeness (QED) is 0.0417. The Hall–Kier alpha value is -4.72. The van der Waals surface area contributed by atoms with Gasteiger partial charge in [0.25, 0.3) is 0 Å². The van der Waals surface area contributed by atoms with E-state index in [0.717, 1.165) is 0 Å². The van der Waals surface area contributed by atoms with E-state index in [-0.39, 0.29) is 95.0 Å². The number of aromatic hydroxyl groups is 2. The van der Waals surface area contributed by atoms with Crippen molar-refractivity contribution in [1.82, 2.24) is 20.3 Å². The second-order valence-electron chi connectivity index (χ2n) is 26.7. The zero-order valence-electron chi connectivity index (χ0n) is 52.5. The molecule has 0 amide bonds. The van der Waals surface area contributed by atoms with Gasteiger partial charge >= 0.3 is 11.9 Å². The molecule has 10 rings (SSSR count). The molecule has 0 spiro atoms. The first-order valence-corrected chi connectivity index (χ1v) is 30.2. The van der Waals surface area contributed by atoms with E-state index in [4.69, 9.17) is 61.9 Å². The van der Waals surface area contributed by atoms with Gasteiger partial charge in [-0.15, -0.1) is 0 Å². The number of ketones is 2. The molecule has 2 aromatic rings. The molecule has 6 heterocycles. The number of hydrogen-bond acceptors (Lipinski definition) is 29. The second kappa shape index (κ2) is 24.9. The Morgan fingerprint density at radius 3 is 1.91 bits per heavy atom. The van der Waals surface area contributed by atoms with Crippen molar-refractivity contribution in [2.45, 2.75) is 246 Å². The lowest BCUT2D eigenvalue weighted by Gasteiger charge is -2.59. The van der Waals surface area contributed by atoms with Crippen LogP contribution >= 0.6 is 0 Å². The molecule has 5 saturated heterocycles. The van der Waals surface area contributed by atoms with Gasteiger partial charge in [0.1, 0.15) is 41.2 Å². The van der Waals surface area contributed by atoms with Crippen LogP contribution in [0.5, 0.6) is 17.2 Å². The maximum Gasteiger partial charge on any atom is 0.306 e. The first-order valence-electron chi connectivity index (χ1n) is 30.2. The van der Waals surface area contributed by atoms with E-state index in [1.807, 2.05) is 4.90 Å². The molecule has 6 aliphatic heterocycles. The number of benzene rings is 2. The van der Waals surface area contributed by atoms with Crippen molar-refractivity contribution in [3.63, 3.8) is 0 Å². The summed E-state index contributed by atoms with van der Waals surface area (Å²) in [4.78, 5) is 56.9. The molecule has 0 aromatic heterocycles. The summed E-state index contributed by atoms with van der Waals surface area (Å²) in [7, 11) is 8.19. The van der Waals surface area contributed by atoms with Crippen LogP contribution in [-0.2, 0) is 73.7 Å². The smallest absolute Gasteiger partial charge is 0.306 e. The van der Waals surface area contributed by atoms with Crippen LogP contribution in [0.4, 0.5) is 0 Å². The summed E-state index contributed by atoms with van der Waals surface area (Å²) in [5.74, 6) is -5.14. The van der Waals surface area contributed by atoms with Gasteiger partial charge < -0.3 is 113 Å². The van der Waals surface area contributed by atoms with Gasteiger partial charge in [0.05, 0.1) is 82.8 Å². The maximum absolute atomic E-state index is 15.1. The van der Waals surface area contributed by atoms with Crippen LogP contribution in [0.25, 0.3) is 0 Å². The fourth-order valence-electron chi connectivity index (χ4n) is 14.7. The number of carboxylic acids is 1. The lowest BCUT2D eigenvalue weighted by molar-refractivity contribution is -0.402. The number of ether oxygens (including phenoxy) is 12. The van der Waals surface area contributed by atoms with Crippen LogP contribution in [0.3, 0.4) is 0 Å². The van der Waals surface area contributed by atoms with Crippen molar-refractivity contribution < 1.29 is 117 Å². The third kappa shape index (κ3) is 11.9.